The number of sulfone groups is 1. The summed E-state index contributed by atoms with van der Waals surface area (Å²) in [5, 5.41) is 6.48. The summed E-state index contributed by atoms with van der Waals surface area (Å²) >= 11 is 1.02. The van der Waals surface area contributed by atoms with Crippen LogP contribution in [0.4, 0.5) is 24.8 Å². The average molecular weight is 551 g/mol. The first-order valence-electron chi connectivity index (χ1n) is 12.2. The molecule has 4 heterocycles. The number of ether oxygens (including phenoxy) is 1. The van der Waals surface area contributed by atoms with E-state index in [4.69, 9.17) is 4.74 Å². The summed E-state index contributed by atoms with van der Waals surface area (Å²) in [5.74, 6) is -0.177. The van der Waals surface area contributed by atoms with E-state index in [-0.39, 0.29) is 33.8 Å². The maximum atomic E-state index is 14.0. The Morgan fingerprint density at radius 3 is 2.76 bits per heavy atom. The Kier molecular flexibility index (Phi) is 5.86. The zero-order valence-electron chi connectivity index (χ0n) is 20.0. The van der Waals surface area contributed by atoms with E-state index in [9.17, 15) is 21.6 Å². The minimum atomic E-state index is -4.71. The van der Waals surface area contributed by atoms with Gasteiger partial charge in [0.2, 0.25) is 5.95 Å². The largest absolute Gasteiger partial charge is 0.420 e. The van der Waals surface area contributed by atoms with Crippen LogP contribution in [0.15, 0.2) is 29.3 Å². The molecule has 3 aliphatic rings. The lowest BCUT2D eigenvalue weighted by atomic mass is 9.96. The molecule has 1 aliphatic carbocycles. The highest BCUT2D eigenvalue weighted by Gasteiger charge is 2.52. The lowest BCUT2D eigenvalue weighted by Crippen LogP contribution is -2.24. The molecule has 0 saturated heterocycles. The summed E-state index contributed by atoms with van der Waals surface area (Å²) in [6.07, 6.45) is -1.08. The normalized spacial score (nSPS) is 19.7. The minimum Gasteiger partial charge on any atom is -0.368 e. The van der Waals surface area contributed by atoms with Crippen molar-refractivity contribution in [2.75, 3.05) is 24.2 Å². The van der Waals surface area contributed by atoms with Crippen LogP contribution >= 0.6 is 11.3 Å². The number of anilines is 2. The fourth-order valence-corrected chi connectivity index (χ4v) is 8.12. The molecule has 0 unspecified atom stereocenters. The van der Waals surface area contributed by atoms with Gasteiger partial charge in [0, 0.05) is 18.4 Å². The molecule has 37 heavy (non-hydrogen) atoms. The highest BCUT2D eigenvalue weighted by molar-refractivity contribution is 7.91. The lowest BCUT2D eigenvalue weighted by Gasteiger charge is -2.21. The van der Waals surface area contributed by atoms with E-state index in [0.29, 0.717) is 17.7 Å². The summed E-state index contributed by atoms with van der Waals surface area (Å²) in [6, 6.07) is 5.45. The van der Waals surface area contributed by atoms with Crippen molar-refractivity contribution in [2.24, 2.45) is 0 Å². The molecule has 3 aromatic rings. The van der Waals surface area contributed by atoms with Crippen LogP contribution in [0.2, 0.25) is 0 Å². The van der Waals surface area contributed by atoms with Gasteiger partial charge < -0.3 is 15.4 Å². The van der Waals surface area contributed by atoms with Crippen molar-refractivity contribution in [3.8, 4) is 10.6 Å². The summed E-state index contributed by atoms with van der Waals surface area (Å²) in [6.45, 7) is 3.72. The summed E-state index contributed by atoms with van der Waals surface area (Å²) in [4.78, 5) is 8.94. The van der Waals surface area contributed by atoms with E-state index in [1.54, 1.807) is 0 Å². The third-order valence-electron chi connectivity index (χ3n) is 7.15. The van der Waals surface area contributed by atoms with Gasteiger partial charge in [-0.05, 0) is 61.1 Å². The van der Waals surface area contributed by atoms with Crippen molar-refractivity contribution in [1.82, 2.24) is 15.3 Å². The Balaban J connectivity index is 1.45. The van der Waals surface area contributed by atoms with Gasteiger partial charge in [-0.15, -0.1) is 11.3 Å². The first kappa shape index (κ1) is 24.8. The molecule has 0 bridgehead atoms. The quantitative estimate of drug-likeness (QED) is 0.474. The number of thiophene rings is 1. The Morgan fingerprint density at radius 1 is 1.22 bits per heavy atom. The second kappa shape index (κ2) is 8.75. The number of nitrogens with zero attached hydrogens (tertiary/aromatic N) is 2. The maximum absolute atomic E-state index is 14.0. The van der Waals surface area contributed by atoms with Crippen molar-refractivity contribution >= 4 is 32.8 Å². The monoisotopic (exact) mass is 550 g/mol. The third-order valence-corrected chi connectivity index (χ3v) is 10.3. The Hall–Kier alpha value is -2.54. The average Bonchev–Trinajstić information content (AvgIpc) is 3.51. The first-order valence-corrected chi connectivity index (χ1v) is 14.6. The molecule has 2 aromatic heterocycles. The molecule has 0 atom stereocenters. The molecular weight excluding hydrogens is 525 g/mol. The molecule has 2 aliphatic heterocycles. The van der Waals surface area contributed by atoms with Crippen molar-refractivity contribution in [2.45, 2.75) is 55.8 Å². The zero-order valence-corrected chi connectivity index (χ0v) is 21.7. The molecule has 1 saturated carbocycles. The Morgan fingerprint density at radius 2 is 2.03 bits per heavy atom. The van der Waals surface area contributed by atoms with Gasteiger partial charge in [0.25, 0.3) is 0 Å². The Bertz CT molecular complexity index is 1500. The van der Waals surface area contributed by atoms with Crippen LogP contribution in [0.3, 0.4) is 0 Å². The van der Waals surface area contributed by atoms with E-state index >= 15 is 0 Å². The van der Waals surface area contributed by atoms with Crippen LogP contribution in [0, 0.1) is 0 Å². The molecule has 1 spiro atoms. The molecule has 1 aromatic carbocycles. The van der Waals surface area contributed by atoms with Gasteiger partial charge in [0.15, 0.2) is 9.84 Å². The number of nitrogens with one attached hydrogen (secondary N) is 2. The van der Waals surface area contributed by atoms with Crippen LogP contribution in [0.25, 0.3) is 10.6 Å². The van der Waals surface area contributed by atoms with Gasteiger partial charge in [-0.25, -0.2) is 18.4 Å². The van der Waals surface area contributed by atoms with E-state index < -0.39 is 27.2 Å². The van der Waals surface area contributed by atoms with Gasteiger partial charge in [-0.1, -0.05) is 13.0 Å². The summed E-state index contributed by atoms with van der Waals surface area (Å²) < 4.78 is 73.7. The van der Waals surface area contributed by atoms with Crippen LogP contribution < -0.4 is 10.6 Å². The minimum absolute atomic E-state index is 0.0235. The van der Waals surface area contributed by atoms with Crippen molar-refractivity contribution in [3.05, 3.63) is 51.5 Å². The van der Waals surface area contributed by atoms with Gasteiger partial charge in [-0.2, -0.15) is 13.2 Å². The van der Waals surface area contributed by atoms with E-state index in [2.05, 4.69) is 26.7 Å². The summed E-state index contributed by atoms with van der Waals surface area (Å²) in [7, 11) is -3.68. The Labute approximate surface area is 216 Å². The number of halogens is 3. The second-order valence-electron chi connectivity index (χ2n) is 9.60. The molecule has 7 nitrogen and oxygen atoms in total. The van der Waals surface area contributed by atoms with Gasteiger partial charge in [0.1, 0.15) is 11.2 Å². The molecule has 196 valence electrons. The zero-order chi connectivity index (χ0) is 26.0. The van der Waals surface area contributed by atoms with Crippen LogP contribution in [0.5, 0.6) is 0 Å². The highest BCUT2D eigenvalue weighted by Crippen LogP contribution is 2.56. The molecular formula is C25H25F3N4O3S2. The van der Waals surface area contributed by atoms with E-state index in [0.717, 1.165) is 54.7 Å². The highest BCUT2D eigenvalue weighted by atomic mass is 32.2. The molecule has 12 heteroatoms. The number of alkyl halides is 3. The summed E-state index contributed by atoms with van der Waals surface area (Å²) in [5.41, 5.74) is 2.08. The fraction of sp³-hybridized carbons (Fsp3) is 0.440. The number of hydrogen-bond donors (Lipinski definition) is 2. The molecule has 1 fully saturated rings. The SMILES string of the molecule is CCc1cc2c(cc1Nc1ncc(C(F)(F)F)c(-c3cc4c(s3)C3(CC3)OCCS4(=O)=O)n1)CCNC2. The smallest absolute Gasteiger partial charge is 0.368 e. The van der Waals surface area contributed by atoms with Crippen molar-refractivity contribution in [3.63, 3.8) is 0 Å². The molecule has 6 rings (SSSR count). The predicted molar refractivity (Wildman–Crippen MR) is 134 cm³/mol. The van der Waals surface area contributed by atoms with Gasteiger partial charge in [0.05, 0.1) is 32.7 Å². The number of aryl methyl sites for hydroxylation is 1. The van der Waals surface area contributed by atoms with Crippen molar-refractivity contribution in [1.29, 1.82) is 0 Å². The van der Waals surface area contributed by atoms with Gasteiger partial charge >= 0.3 is 6.18 Å². The molecule has 2 N–H and O–H groups in total. The standard InChI is InChI=1S/C25H25F3N4O3S2/c1-2-14-9-16-12-29-6-3-15(16)10-18(14)31-23-30-13-17(25(26,27)28)21(32-23)19-11-20-22(36-19)24(4-5-24)35-7-8-37(20,33)34/h9-11,13,29H,2-8,12H2,1H3,(H,30,31,32). The number of hydrogen-bond acceptors (Lipinski definition) is 8. The number of rotatable bonds is 4. The van der Waals surface area contributed by atoms with Gasteiger partial charge in [-0.3, -0.25) is 0 Å². The number of fused-ring (bicyclic) bond motifs is 3. The number of benzene rings is 1. The second-order valence-corrected chi connectivity index (χ2v) is 12.7. The maximum Gasteiger partial charge on any atom is 0.420 e. The first-order chi connectivity index (χ1) is 17.6. The third kappa shape index (κ3) is 4.43. The van der Waals surface area contributed by atoms with Crippen LogP contribution in [0.1, 0.15) is 46.9 Å². The van der Waals surface area contributed by atoms with Crippen LogP contribution in [-0.4, -0.2) is 37.3 Å². The number of aromatic nitrogens is 2. The fourth-order valence-electron chi connectivity index (χ4n) is 5.00. The topological polar surface area (TPSA) is 93.2 Å². The van der Waals surface area contributed by atoms with Crippen molar-refractivity contribution < 1.29 is 26.3 Å². The van der Waals surface area contributed by atoms with E-state index in [1.807, 2.05) is 13.0 Å². The predicted octanol–water partition coefficient (Wildman–Crippen LogP) is 4.97. The van der Waals surface area contributed by atoms with E-state index in [1.165, 1.54) is 17.2 Å². The molecule has 0 amide bonds. The van der Waals surface area contributed by atoms with Crippen LogP contribution in [-0.2, 0) is 45.7 Å². The lowest BCUT2D eigenvalue weighted by molar-refractivity contribution is -0.137. The molecule has 0 radical (unpaired) electrons.